The number of nitrogens with zero attached hydrogens (tertiary/aromatic N) is 2. The normalized spacial score (nSPS) is 10.6. The van der Waals surface area contributed by atoms with Crippen molar-refractivity contribution in [2.45, 2.75) is 6.54 Å². The van der Waals surface area contributed by atoms with Gasteiger partial charge < -0.3 is 15.2 Å². The van der Waals surface area contributed by atoms with E-state index in [1.807, 2.05) is 24.3 Å². The van der Waals surface area contributed by atoms with Gasteiger partial charge in [-0.05, 0) is 29.8 Å². The van der Waals surface area contributed by atoms with Crippen molar-refractivity contribution in [2.24, 2.45) is 5.73 Å². The summed E-state index contributed by atoms with van der Waals surface area (Å²) in [6, 6.07) is 7.78. The average Bonchev–Trinajstić information content (AvgIpc) is 3.10. The van der Waals surface area contributed by atoms with Crippen molar-refractivity contribution in [1.82, 2.24) is 15.2 Å². The molecule has 3 rings (SSSR count). The number of rotatable bonds is 5. The van der Waals surface area contributed by atoms with Crippen molar-refractivity contribution in [3.8, 4) is 33.9 Å². The molecule has 0 saturated heterocycles. The number of benzene rings is 1. The number of nitrogens with two attached hydrogens (primary N) is 1. The van der Waals surface area contributed by atoms with Crippen LogP contribution in [-0.2, 0) is 6.54 Å². The van der Waals surface area contributed by atoms with Crippen LogP contribution < -0.4 is 15.2 Å². The number of hydrogen-bond donors (Lipinski definition) is 2. The second-order valence-corrected chi connectivity index (χ2v) is 4.98. The Balaban J connectivity index is 2.15. The van der Waals surface area contributed by atoms with Gasteiger partial charge in [0.25, 0.3) is 0 Å². The van der Waals surface area contributed by atoms with Crippen LogP contribution in [0.15, 0.2) is 42.9 Å². The third kappa shape index (κ3) is 2.76. The first-order chi connectivity index (χ1) is 11.3. The molecule has 1 aromatic carbocycles. The van der Waals surface area contributed by atoms with Gasteiger partial charge in [-0.25, -0.2) is 0 Å². The lowest BCUT2D eigenvalue weighted by atomic mass is 9.99. The highest BCUT2D eigenvalue weighted by atomic mass is 16.5. The van der Waals surface area contributed by atoms with E-state index in [-0.39, 0.29) is 0 Å². The van der Waals surface area contributed by atoms with Gasteiger partial charge in [0, 0.05) is 35.6 Å². The maximum Gasteiger partial charge on any atom is 0.165 e. The summed E-state index contributed by atoms with van der Waals surface area (Å²) in [6.07, 6.45) is 5.31. The summed E-state index contributed by atoms with van der Waals surface area (Å²) in [5, 5.41) is 7.20. The summed E-state index contributed by atoms with van der Waals surface area (Å²) in [7, 11) is 3.22. The quantitative estimate of drug-likeness (QED) is 0.756. The summed E-state index contributed by atoms with van der Waals surface area (Å²) < 4.78 is 10.8. The first-order valence-electron chi connectivity index (χ1n) is 7.17. The molecule has 0 bridgehead atoms. The van der Waals surface area contributed by atoms with E-state index in [1.54, 1.807) is 32.8 Å². The van der Waals surface area contributed by atoms with Gasteiger partial charge in [0.1, 0.15) is 0 Å². The molecule has 0 atom stereocenters. The second kappa shape index (κ2) is 6.50. The van der Waals surface area contributed by atoms with Gasteiger partial charge in [0.15, 0.2) is 11.5 Å². The third-order valence-electron chi connectivity index (χ3n) is 3.68. The molecule has 3 N–H and O–H groups in total. The topological polar surface area (TPSA) is 86.0 Å². The monoisotopic (exact) mass is 310 g/mol. The van der Waals surface area contributed by atoms with Crippen molar-refractivity contribution in [3.05, 3.63) is 48.4 Å². The van der Waals surface area contributed by atoms with E-state index in [9.17, 15) is 0 Å². The Kier molecular flexibility index (Phi) is 4.25. The number of aromatic nitrogens is 3. The van der Waals surface area contributed by atoms with Crippen LogP contribution in [0, 0.1) is 0 Å². The van der Waals surface area contributed by atoms with Crippen molar-refractivity contribution in [1.29, 1.82) is 0 Å². The minimum atomic E-state index is 0.355. The number of ether oxygens (including phenoxy) is 2. The number of H-pyrrole nitrogens is 1. The molecule has 0 saturated carbocycles. The summed E-state index contributed by atoms with van der Waals surface area (Å²) in [6.45, 7) is 0.355. The van der Waals surface area contributed by atoms with Crippen LogP contribution in [0.5, 0.6) is 11.5 Å². The predicted octanol–water partition coefficient (Wildman–Crippen LogP) is 2.61. The standard InChI is InChI=1S/C17H18N4O2/c1-22-15-7-12(6-13(8-18)17(15)23-2)14-10-20-21-16(14)11-4-3-5-19-9-11/h3-7,9-10H,8,18H2,1-2H3,(H,20,21). The van der Waals surface area contributed by atoms with Gasteiger partial charge in [0.05, 0.1) is 26.1 Å². The van der Waals surface area contributed by atoms with Gasteiger partial charge >= 0.3 is 0 Å². The minimum absolute atomic E-state index is 0.355. The Bertz CT molecular complexity index is 774. The SMILES string of the molecule is COc1cc(-c2cn[nH]c2-c2cccnc2)cc(CN)c1OC. The van der Waals surface area contributed by atoms with Crippen LogP contribution in [0.2, 0.25) is 0 Å². The molecule has 0 amide bonds. The molecule has 0 aliphatic rings. The number of pyridine rings is 1. The molecule has 0 aliphatic heterocycles. The number of methoxy groups -OCH3 is 2. The van der Waals surface area contributed by atoms with Gasteiger partial charge in [-0.2, -0.15) is 5.10 Å². The third-order valence-corrected chi connectivity index (χ3v) is 3.68. The van der Waals surface area contributed by atoms with Gasteiger partial charge in [-0.3, -0.25) is 10.1 Å². The predicted molar refractivity (Wildman–Crippen MR) is 88.3 cm³/mol. The molecule has 0 spiro atoms. The fraction of sp³-hybridized carbons (Fsp3) is 0.176. The Labute approximate surface area is 134 Å². The summed E-state index contributed by atoms with van der Waals surface area (Å²) >= 11 is 0. The molecule has 118 valence electrons. The van der Waals surface area contributed by atoms with E-state index in [4.69, 9.17) is 15.2 Å². The van der Waals surface area contributed by atoms with Crippen molar-refractivity contribution < 1.29 is 9.47 Å². The molecule has 0 fully saturated rings. The van der Waals surface area contributed by atoms with E-state index in [2.05, 4.69) is 15.2 Å². The van der Waals surface area contributed by atoms with Crippen LogP contribution in [0.4, 0.5) is 0 Å². The Morgan fingerprint density at radius 1 is 1.13 bits per heavy atom. The maximum absolute atomic E-state index is 5.85. The van der Waals surface area contributed by atoms with Gasteiger partial charge in [-0.1, -0.05) is 0 Å². The van der Waals surface area contributed by atoms with E-state index >= 15 is 0 Å². The van der Waals surface area contributed by atoms with Crippen LogP contribution in [0.1, 0.15) is 5.56 Å². The van der Waals surface area contributed by atoms with Gasteiger partial charge in [-0.15, -0.1) is 0 Å². The molecule has 3 aromatic rings. The first-order valence-corrected chi connectivity index (χ1v) is 7.17. The summed E-state index contributed by atoms with van der Waals surface area (Å²) in [5.41, 5.74) is 10.5. The zero-order valence-electron chi connectivity index (χ0n) is 13.0. The van der Waals surface area contributed by atoms with Crippen LogP contribution >= 0.6 is 0 Å². The molecule has 6 heteroatoms. The molecular formula is C17H18N4O2. The molecule has 6 nitrogen and oxygen atoms in total. The fourth-order valence-corrected chi connectivity index (χ4v) is 2.59. The average molecular weight is 310 g/mol. The largest absolute Gasteiger partial charge is 0.493 e. The Morgan fingerprint density at radius 3 is 2.65 bits per heavy atom. The second-order valence-electron chi connectivity index (χ2n) is 4.98. The lowest BCUT2D eigenvalue weighted by molar-refractivity contribution is 0.352. The highest BCUT2D eigenvalue weighted by Crippen LogP contribution is 2.38. The minimum Gasteiger partial charge on any atom is -0.493 e. The zero-order chi connectivity index (χ0) is 16.2. The Hall–Kier alpha value is -2.86. The van der Waals surface area contributed by atoms with Gasteiger partial charge in [0.2, 0.25) is 0 Å². The fourth-order valence-electron chi connectivity index (χ4n) is 2.59. The van der Waals surface area contributed by atoms with E-state index in [0.29, 0.717) is 18.0 Å². The highest BCUT2D eigenvalue weighted by Gasteiger charge is 2.16. The lowest BCUT2D eigenvalue weighted by Gasteiger charge is -2.14. The molecule has 0 unspecified atom stereocenters. The van der Waals surface area contributed by atoms with Crippen LogP contribution in [-0.4, -0.2) is 29.4 Å². The smallest absolute Gasteiger partial charge is 0.165 e. The van der Waals surface area contributed by atoms with E-state index in [1.165, 1.54) is 0 Å². The zero-order valence-corrected chi connectivity index (χ0v) is 13.0. The summed E-state index contributed by atoms with van der Waals surface area (Å²) in [4.78, 5) is 4.16. The maximum atomic E-state index is 5.85. The molecule has 23 heavy (non-hydrogen) atoms. The molecule has 0 radical (unpaired) electrons. The van der Waals surface area contributed by atoms with E-state index < -0.39 is 0 Å². The first kappa shape index (κ1) is 15.1. The number of hydrogen-bond acceptors (Lipinski definition) is 5. The van der Waals surface area contributed by atoms with Crippen molar-refractivity contribution in [2.75, 3.05) is 14.2 Å². The summed E-state index contributed by atoms with van der Waals surface area (Å²) in [5.74, 6) is 1.30. The van der Waals surface area contributed by atoms with Crippen LogP contribution in [0.3, 0.4) is 0 Å². The number of aromatic amines is 1. The molecule has 2 aromatic heterocycles. The van der Waals surface area contributed by atoms with E-state index in [0.717, 1.165) is 27.9 Å². The lowest BCUT2D eigenvalue weighted by Crippen LogP contribution is -2.02. The molecule has 2 heterocycles. The highest BCUT2D eigenvalue weighted by molar-refractivity contribution is 5.81. The van der Waals surface area contributed by atoms with Crippen LogP contribution in [0.25, 0.3) is 22.4 Å². The number of nitrogens with one attached hydrogen (secondary N) is 1. The van der Waals surface area contributed by atoms with Crippen molar-refractivity contribution in [3.63, 3.8) is 0 Å². The van der Waals surface area contributed by atoms with Crippen molar-refractivity contribution >= 4 is 0 Å². The molecule has 0 aliphatic carbocycles. The Morgan fingerprint density at radius 2 is 2.00 bits per heavy atom. The molecular weight excluding hydrogens is 292 g/mol.